The van der Waals surface area contributed by atoms with Crippen LogP contribution in [0.2, 0.25) is 0 Å². The van der Waals surface area contributed by atoms with E-state index in [9.17, 15) is 23.2 Å². The first-order valence-electron chi connectivity index (χ1n) is 9.53. The average Bonchev–Trinajstić information content (AvgIpc) is 3.45. The molecule has 8 nitrogen and oxygen atoms in total. The highest BCUT2D eigenvalue weighted by Crippen LogP contribution is 2.31. The van der Waals surface area contributed by atoms with E-state index in [0.29, 0.717) is 5.69 Å². The number of rotatable bonds is 6. The van der Waals surface area contributed by atoms with Gasteiger partial charge in [-0.25, -0.2) is 9.36 Å². The number of hydrogen-bond donors (Lipinski definition) is 1. The number of carbonyl (C=O) groups excluding carboxylic acids is 1. The summed E-state index contributed by atoms with van der Waals surface area (Å²) in [5.41, 5.74) is 0.00466. The van der Waals surface area contributed by atoms with Crippen LogP contribution in [0.1, 0.15) is 21.6 Å². The third kappa shape index (κ3) is 4.85. The largest absolute Gasteiger partial charge is 0.471 e. The van der Waals surface area contributed by atoms with Crippen LogP contribution in [0.5, 0.6) is 5.75 Å². The van der Waals surface area contributed by atoms with Gasteiger partial charge in [0.15, 0.2) is 18.2 Å². The maximum Gasteiger partial charge on any atom is 0.416 e. The van der Waals surface area contributed by atoms with Gasteiger partial charge < -0.3 is 10.1 Å². The summed E-state index contributed by atoms with van der Waals surface area (Å²) in [5.74, 6) is -0.401. The molecule has 0 bridgehead atoms. The molecule has 2 heterocycles. The van der Waals surface area contributed by atoms with Crippen molar-refractivity contribution in [1.82, 2.24) is 19.6 Å². The summed E-state index contributed by atoms with van der Waals surface area (Å²) in [6.45, 7) is -0.208. The zero-order valence-corrected chi connectivity index (χ0v) is 16.8. The lowest BCUT2D eigenvalue weighted by Crippen LogP contribution is -2.17. The normalized spacial score (nSPS) is 11.1. The predicted molar refractivity (Wildman–Crippen MR) is 111 cm³/mol. The van der Waals surface area contributed by atoms with Gasteiger partial charge in [-0.1, -0.05) is 24.3 Å². The SMILES string of the molecule is N#Cc1cnn(-c2ccccc2)c1NC(=O)c1ccn(COc2cccc(C(F)(F)F)c2)n1. The number of nitrogens with one attached hydrogen (secondary N) is 1. The Morgan fingerprint density at radius 1 is 1.12 bits per heavy atom. The summed E-state index contributed by atoms with van der Waals surface area (Å²) in [7, 11) is 0. The Morgan fingerprint density at radius 2 is 1.91 bits per heavy atom. The molecule has 166 valence electrons. The molecule has 4 aromatic rings. The molecule has 1 amide bonds. The molecule has 0 unspecified atom stereocenters. The third-order valence-electron chi connectivity index (χ3n) is 4.52. The topological polar surface area (TPSA) is 97.8 Å². The third-order valence-corrected chi connectivity index (χ3v) is 4.52. The first-order chi connectivity index (χ1) is 15.8. The summed E-state index contributed by atoms with van der Waals surface area (Å²) in [5, 5.41) is 20.2. The number of halogens is 3. The van der Waals surface area contributed by atoms with Crippen LogP contribution in [0.3, 0.4) is 0 Å². The second-order valence-corrected chi connectivity index (χ2v) is 6.76. The van der Waals surface area contributed by atoms with Crippen molar-refractivity contribution in [3.8, 4) is 17.5 Å². The van der Waals surface area contributed by atoms with Crippen molar-refractivity contribution in [1.29, 1.82) is 5.26 Å². The Kier molecular flexibility index (Phi) is 5.82. The van der Waals surface area contributed by atoms with Crippen LogP contribution in [0.25, 0.3) is 5.69 Å². The Hall–Kier alpha value is -4.59. The monoisotopic (exact) mass is 452 g/mol. The van der Waals surface area contributed by atoms with Crippen LogP contribution in [-0.4, -0.2) is 25.5 Å². The standard InChI is InChI=1S/C22H15F3N6O2/c23-22(24,25)16-5-4-8-18(11-16)33-14-30-10-9-19(29-30)21(32)28-20-15(12-26)13-27-31(20)17-6-2-1-3-7-17/h1-11,13H,14H2,(H,28,32). The zero-order valence-electron chi connectivity index (χ0n) is 16.8. The minimum Gasteiger partial charge on any atom is -0.471 e. The molecule has 1 N–H and O–H groups in total. The maximum atomic E-state index is 12.8. The second kappa shape index (κ2) is 8.88. The number of ether oxygens (including phenoxy) is 1. The molecule has 0 aliphatic rings. The number of aromatic nitrogens is 4. The van der Waals surface area contributed by atoms with E-state index in [1.54, 1.807) is 24.3 Å². The van der Waals surface area contributed by atoms with E-state index in [2.05, 4.69) is 15.5 Å². The van der Waals surface area contributed by atoms with E-state index in [1.165, 1.54) is 40.0 Å². The number of anilines is 1. The van der Waals surface area contributed by atoms with Gasteiger partial charge in [0.2, 0.25) is 0 Å². The molecule has 0 saturated carbocycles. The van der Waals surface area contributed by atoms with Crippen molar-refractivity contribution in [2.45, 2.75) is 12.9 Å². The minimum atomic E-state index is -4.48. The lowest BCUT2D eigenvalue weighted by molar-refractivity contribution is -0.137. The molecule has 0 radical (unpaired) electrons. The van der Waals surface area contributed by atoms with Gasteiger partial charge in [0.1, 0.15) is 17.4 Å². The number of benzene rings is 2. The summed E-state index contributed by atoms with van der Waals surface area (Å²) < 4.78 is 46.5. The van der Waals surface area contributed by atoms with E-state index >= 15 is 0 Å². The minimum absolute atomic E-state index is 0.0109. The Balaban J connectivity index is 1.46. The lowest BCUT2D eigenvalue weighted by Gasteiger charge is -2.10. The van der Waals surface area contributed by atoms with Crippen molar-refractivity contribution in [2.75, 3.05) is 5.32 Å². The van der Waals surface area contributed by atoms with Crippen molar-refractivity contribution in [2.24, 2.45) is 0 Å². The predicted octanol–water partition coefficient (Wildman–Crippen LogP) is 4.25. The first kappa shape index (κ1) is 21.6. The maximum absolute atomic E-state index is 12.8. The van der Waals surface area contributed by atoms with Crippen LogP contribution >= 0.6 is 0 Å². The summed E-state index contributed by atoms with van der Waals surface area (Å²) >= 11 is 0. The summed E-state index contributed by atoms with van der Waals surface area (Å²) in [6, 6.07) is 16.8. The Bertz CT molecular complexity index is 1320. The van der Waals surface area contributed by atoms with Crippen molar-refractivity contribution in [3.63, 3.8) is 0 Å². The molecule has 0 fully saturated rings. The molecule has 0 spiro atoms. The van der Waals surface area contributed by atoms with E-state index in [1.807, 2.05) is 12.1 Å². The molecule has 0 aliphatic carbocycles. The van der Waals surface area contributed by atoms with Gasteiger partial charge in [-0.05, 0) is 36.4 Å². The van der Waals surface area contributed by atoms with Gasteiger partial charge in [-0.15, -0.1) is 0 Å². The fourth-order valence-corrected chi connectivity index (χ4v) is 2.94. The van der Waals surface area contributed by atoms with Gasteiger partial charge in [-0.3, -0.25) is 4.79 Å². The fourth-order valence-electron chi connectivity index (χ4n) is 2.94. The molecule has 33 heavy (non-hydrogen) atoms. The zero-order chi connectivity index (χ0) is 23.4. The van der Waals surface area contributed by atoms with Crippen LogP contribution in [0.15, 0.2) is 73.1 Å². The molecule has 11 heteroatoms. The van der Waals surface area contributed by atoms with Crippen LogP contribution in [0, 0.1) is 11.3 Å². The lowest BCUT2D eigenvalue weighted by atomic mass is 10.2. The molecular formula is C22H15F3N6O2. The molecule has 4 rings (SSSR count). The highest BCUT2D eigenvalue weighted by molar-refractivity contribution is 6.03. The number of nitriles is 1. The number of alkyl halides is 3. The summed E-state index contributed by atoms with van der Waals surface area (Å²) in [6.07, 6.45) is -1.70. The highest BCUT2D eigenvalue weighted by atomic mass is 19.4. The average molecular weight is 452 g/mol. The van der Waals surface area contributed by atoms with Crippen LogP contribution in [0.4, 0.5) is 19.0 Å². The van der Waals surface area contributed by atoms with E-state index < -0.39 is 17.6 Å². The number of para-hydroxylation sites is 1. The summed E-state index contributed by atoms with van der Waals surface area (Å²) in [4.78, 5) is 12.7. The first-order valence-corrected chi connectivity index (χ1v) is 9.53. The fraction of sp³-hybridized carbons (Fsp3) is 0.0909. The van der Waals surface area contributed by atoms with Gasteiger partial charge in [-0.2, -0.15) is 28.6 Å². The van der Waals surface area contributed by atoms with Gasteiger partial charge in [0.05, 0.1) is 17.4 Å². The number of carbonyl (C=O) groups is 1. The highest BCUT2D eigenvalue weighted by Gasteiger charge is 2.30. The van der Waals surface area contributed by atoms with Crippen molar-refractivity contribution >= 4 is 11.7 Å². The Labute approximate surface area is 185 Å². The van der Waals surface area contributed by atoms with Crippen molar-refractivity contribution in [3.05, 3.63) is 89.9 Å². The molecule has 2 aromatic heterocycles. The van der Waals surface area contributed by atoms with Gasteiger partial charge in [0.25, 0.3) is 5.91 Å². The van der Waals surface area contributed by atoms with E-state index in [4.69, 9.17) is 4.74 Å². The second-order valence-electron chi connectivity index (χ2n) is 6.76. The Morgan fingerprint density at radius 3 is 2.64 bits per heavy atom. The van der Waals surface area contributed by atoms with Gasteiger partial charge in [0, 0.05) is 6.20 Å². The van der Waals surface area contributed by atoms with Gasteiger partial charge >= 0.3 is 6.18 Å². The van der Waals surface area contributed by atoms with Crippen LogP contribution < -0.4 is 10.1 Å². The molecule has 2 aromatic carbocycles. The van der Waals surface area contributed by atoms with Crippen molar-refractivity contribution < 1.29 is 22.7 Å². The molecular weight excluding hydrogens is 437 g/mol. The molecule has 0 saturated heterocycles. The molecule has 0 aliphatic heterocycles. The van der Waals surface area contributed by atoms with E-state index in [-0.39, 0.29) is 29.6 Å². The number of nitrogens with zero attached hydrogens (tertiary/aromatic N) is 5. The van der Waals surface area contributed by atoms with E-state index in [0.717, 1.165) is 12.1 Å². The smallest absolute Gasteiger partial charge is 0.416 e. The van der Waals surface area contributed by atoms with Crippen LogP contribution in [-0.2, 0) is 12.9 Å². The number of amides is 1. The molecule has 0 atom stereocenters. The number of hydrogen-bond acceptors (Lipinski definition) is 5. The quantitative estimate of drug-likeness (QED) is 0.472.